The Kier molecular flexibility index (Phi) is 9.41. The predicted octanol–water partition coefficient (Wildman–Crippen LogP) is 14.0. The van der Waals surface area contributed by atoms with Gasteiger partial charge in [-0.05, 0) is 59.7 Å². The van der Waals surface area contributed by atoms with Gasteiger partial charge in [0.15, 0.2) is 29.0 Å². The summed E-state index contributed by atoms with van der Waals surface area (Å²) in [6.45, 7) is 7.63. The first-order chi connectivity index (χ1) is 31.2. The highest BCUT2D eigenvalue weighted by Gasteiger charge is 2.22. The van der Waals surface area contributed by atoms with Crippen LogP contribution in [0.1, 0.15) is 0 Å². The minimum absolute atomic E-state index is 0.514. The molecule has 0 N–H and O–H groups in total. The number of nitrogens with zero attached hydrogens (tertiary/aromatic N) is 7. The molecule has 0 aliphatic heterocycles. The van der Waals surface area contributed by atoms with Crippen molar-refractivity contribution in [2.24, 2.45) is 0 Å². The summed E-state index contributed by atoms with van der Waals surface area (Å²) in [6.07, 6.45) is 0. The van der Waals surface area contributed by atoms with Crippen molar-refractivity contribution in [2.45, 2.75) is 0 Å². The average molecular weight is 806 g/mol. The van der Waals surface area contributed by atoms with Crippen molar-refractivity contribution in [1.29, 1.82) is 0 Å². The molecule has 0 fully saturated rings. The van der Waals surface area contributed by atoms with Crippen LogP contribution in [0.15, 0.2) is 212 Å². The highest BCUT2D eigenvalue weighted by atomic mass is 15.1. The molecule has 63 heavy (non-hydrogen) atoms. The van der Waals surface area contributed by atoms with E-state index in [0.29, 0.717) is 29.0 Å². The van der Waals surface area contributed by atoms with Crippen molar-refractivity contribution in [3.63, 3.8) is 0 Å². The van der Waals surface area contributed by atoms with Crippen molar-refractivity contribution in [1.82, 2.24) is 29.5 Å². The smallest absolute Gasteiger partial charge is 0.187 e. The summed E-state index contributed by atoms with van der Waals surface area (Å²) in [6, 6.07) is 71.7. The maximum atomic E-state index is 7.63. The van der Waals surface area contributed by atoms with Crippen LogP contribution in [-0.4, -0.2) is 29.5 Å². The fourth-order valence-corrected chi connectivity index (χ4v) is 8.24. The molecule has 7 nitrogen and oxygen atoms in total. The SMILES string of the molecule is [C-]#[N+]c1cccc(-c2ccc3c(c2)c2ccccc2n3-c2ccc(-c3nc(-c4ccccc4)cc(-c4ccccc4)n3)cc2-c2nc(-c3ccccc3)nc(-c3ccccc3)n2)c1. The molecule has 3 heterocycles. The van der Waals surface area contributed by atoms with E-state index < -0.39 is 0 Å². The van der Waals surface area contributed by atoms with Crippen LogP contribution in [0.5, 0.6) is 0 Å². The van der Waals surface area contributed by atoms with Gasteiger partial charge in [0, 0.05) is 44.2 Å². The van der Waals surface area contributed by atoms with Crippen LogP contribution in [-0.2, 0) is 0 Å². The van der Waals surface area contributed by atoms with Crippen LogP contribution >= 0.6 is 0 Å². The van der Waals surface area contributed by atoms with Crippen LogP contribution < -0.4 is 0 Å². The Hall–Kier alpha value is -8.86. The fourth-order valence-electron chi connectivity index (χ4n) is 8.24. The van der Waals surface area contributed by atoms with Crippen molar-refractivity contribution < 1.29 is 0 Å². The number of para-hydroxylation sites is 1. The van der Waals surface area contributed by atoms with Gasteiger partial charge in [-0.3, -0.25) is 0 Å². The van der Waals surface area contributed by atoms with E-state index in [-0.39, 0.29) is 0 Å². The lowest BCUT2D eigenvalue weighted by Gasteiger charge is -2.16. The maximum Gasteiger partial charge on any atom is 0.187 e. The van der Waals surface area contributed by atoms with Crippen LogP contribution in [0.4, 0.5) is 5.69 Å². The molecule has 0 bridgehead atoms. The fraction of sp³-hybridized carbons (Fsp3) is 0. The zero-order valence-corrected chi connectivity index (χ0v) is 33.8. The van der Waals surface area contributed by atoms with Gasteiger partial charge in [-0.2, -0.15) is 0 Å². The molecule has 0 atom stereocenters. The van der Waals surface area contributed by atoms with Gasteiger partial charge in [-0.1, -0.05) is 164 Å². The maximum absolute atomic E-state index is 7.63. The Morgan fingerprint density at radius 1 is 0.333 bits per heavy atom. The van der Waals surface area contributed by atoms with Crippen molar-refractivity contribution in [2.75, 3.05) is 0 Å². The molecular weight excluding hydrogens is 771 g/mol. The number of hydrogen-bond acceptors (Lipinski definition) is 5. The summed E-state index contributed by atoms with van der Waals surface area (Å²) in [4.78, 5) is 29.7. The number of fused-ring (bicyclic) bond motifs is 3. The van der Waals surface area contributed by atoms with Gasteiger partial charge in [0.2, 0.25) is 0 Å². The molecule has 3 aromatic heterocycles. The minimum Gasteiger partial charge on any atom is -0.309 e. The minimum atomic E-state index is 0.514. The summed E-state index contributed by atoms with van der Waals surface area (Å²) in [5.74, 6) is 2.23. The van der Waals surface area contributed by atoms with E-state index in [2.05, 4.69) is 106 Å². The molecule has 11 rings (SSSR count). The third-order valence-electron chi connectivity index (χ3n) is 11.3. The van der Waals surface area contributed by atoms with Crippen molar-refractivity contribution in [3.8, 4) is 84.9 Å². The largest absolute Gasteiger partial charge is 0.309 e. The second kappa shape index (κ2) is 16.0. The first kappa shape index (κ1) is 37.2. The Balaban J connectivity index is 1.19. The van der Waals surface area contributed by atoms with Gasteiger partial charge in [0.1, 0.15) is 0 Å². The molecule has 7 heteroatoms. The molecule has 0 radical (unpaired) electrons. The van der Waals surface area contributed by atoms with Gasteiger partial charge in [-0.15, -0.1) is 0 Å². The monoisotopic (exact) mass is 805 g/mol. The zero-order valence-electron chi connectivity index (χ0n) is 33.8. The lowest BCUT2D eigenvalue weighted by Crippen LogP contribution is -2.04. The lowest BCUT2D eigenvalue weighted by molar-refractivity contribution is 1.06. The van der Waals surface area contributed by atoms with Crippen molar-refractivity contribution in [3.05, 3.63) is 224 Å². The van der Waals surface area contributed by atoms with Gasteiger partial charge in [0.05, 0.1) is 34.7 Å². The molecule has 0 aliphatic carbocycles. The van der Waals surface area contributed by atoms with Gasteiger partial charge in [-0.25, -0.2) is 29.8 Å². The Labute approximate surface area is 364 Å². The van der Waals surface area contributed by atoms with E-state index in [9.17, 15) is 0 Å². The quantitative estimate of drug-likeness (QED) is 0.143. The van der Waals surface area contributed by atoms with E-state index in [1.165, 1.54) is 0 Å². The Morgan fingerprint density at radius 2 is 0.825 bits per heavy atom. The third kappa shape index (κ3) is 7.08. The summed E-state index contributed by atoms with van der Waals surface area (Å²) >= 11 is 0. The summed E-state index contributed by atoms with van der Waals surface area (Å²) in [5, 5.41) is 2.19. The Morgan fingerprint density at radius 3 is 1.44 bits per heavy atom. The van der Waals surface area contributed by atoms with E-state index >= 15 is 0 Å². The van der Waals surface area contributed by atoms with Gasteiger partial charge >= 0.3 is 0 Å². The lowest BCUT2D eigenvalue weighted by atomic mass is 10.0. The van der Waals surface area contributed by atoms with Gasteiger partial charge in [0.25, 0.3) is 0 Å². The van der Waals surface area contributed by atoms with E-state index in [1.54, 1.807) is 0 Å². The van der Waals surface area contributed by atoms with E-state index in [1.807, 2.05) is 115 Å². The first-order valence-electron chi connectivity index (χ1n) is 20.7. The molecule has 0 amide bonds. The highest BCUT2D eigenvalue weighted by molar-refractivity contribution is 6.11. The van der Waals surface area contributed by atoms with Crippen LogP contribution in [0, 0.1) is 6.57 Å². The highest BCUT2D eigenvalue weighted by Crippen LogP contribution is 2.40. The van der Waals surface area contributed by atoms with Crippen LogP contribution in [0.3, 0.4) is 0 Å². The number of aromatic nitrogens is 6. The van der Waals surface area contributed by atoms with E-state index in [0.717, 1.165) is 83.4 Å². The molecule has 0 saturated carbocycles. The number of rotatable bonds is 8. The summed E-state index contributed by atoms with van der Waals surface area (Å²) in [7, 11) is 0. The molecular formula is C56H35N7. The topological polar surface area (TPSA) is 73.7 Å². The Bertz CT molecular complexity index is 3390. The van der Waals surface area contributed by atoms with E-state index in [4.69, 9.17) is 31.5 Å². The summed E-state index contributed by atoms with van der Waals surface area (Å²) < 4.78 is 2.30. The molecule has 0 aliphatic rings. The number of hydrogen-bond donors (Lipinski definition) is 0. The van der Waals surface area contributed by atoms with Gasteiger partial charge < -0.3 is 4.57 Å². The third-order valence-corrected chi connectivity index (χ3v) is 11.3. The average Bonchev–Trinajstić information content (AvgIpc) is 3.70. The zero-order chi connectivity index (χ0) is 42.1. The molecule has 0 unspecified atom stereocenters. The molecule has 294 valence electrons. The second-order valence-corrected chi connectivity index (χ2v) is 15.2. The first-order valence-corrected chi connectivity index (χ1v) is 20.7. The molecule has 0 spiro atoms. The molecule has 11 aromatic rings. The summed E-state index contributed by atoms with van der Waals surface area (Å²) in [5.41, 5.74) is 12.6. The van der Waals surface area contributed by atoms with Crippen molar-refractivity contribution >= 4 is 27.5 Å². The number of benzene rings is 8. The van der Waals surface area contributed by atoms with Crippen LogP contribution in [0.2, 0.25) is 0 Å². The second-order valence-electron chi connectivity index (χ2n) is 15.2. The van der Waals surface area contributed by atoms with Crippen LogP contribution in [0.25, 0.3) is 112 Å². The molecule has 0 saturated heterocycles. The predicted molar refractivity (Wildman–Crippen MR) is 254 cm³/mol. The molecule has 8 aromatic carbocycles. The standard InChI is InChI=1S/C56H35N7/c1-57-44-26-16-25-41(33-44)42-29-31-51-46(34-42)45-27-14-15-28-50(45)63(51)52-32-30-43(55-58-48(37-17-6-2-7-18-37)36-49(59-55)38-19-8-3-9-20-38)35-47(52)56-61-53(39-21-10-4-11-22-39)60-54(62-56)40-23-12-5-13-24-40/h2-36H. The normalized spacial score (nSPS) is 11.2.